The van der Waals surface area contributed by atoms with Crippen LogP contribution in [-0.2, 0) is 4.79 Å². The molecule has 7 nitrogen and oxygen atoms in total. The Balaban J connectivity index is 1.29. The number of hydrogen-bond acceptors (Lipinski definition) is 4. The first-order valence-electron chi connectivity index (χ1n) is 11.6. The lowest BCUT2D eigenvalue weighted by molar-refractivity contribution is -0.132. The summed E-state index contributed by atoms with van der Waals surface area (Å²) >= 11 is 0. The number of hydrogen-bond donors (Lipinski definition) is 2. The second-order valence-corrected chi connectivity index (χ2v) is 9.22. The van der Waals surface area contributed by atoms with Crippen molar-refractivity contribution in [2.45, 2.75) is 40.0 Å². The third-order valence-electron chi connectivity index (χ3n) is 6.28. The SMILES string of the molecule is Cc1ccc(OCCCNC(=O)[C@]2(C)CCCN(C(=O)c3ccc4nc(C)[nH]c4c3)C2)cc1. The highest BCUT2D eigenvalue weighted by Gasteiger charge is 2.39. The number of likely N-dealkylation sites (tertiary alicyclic amines) is 1. The van der Waals surface area contributed by atoms with Gasteiger partial charge in [-0.05, 0) is 70.4 Å². The molecule has 33 heavy (non-hydrogen) atoms. The number of rotatable bonds is 7. The van der Waals surface area contributed by atoms with Crippen LogP contribution in [0.4, 0.5) is 0 Å². The number of aryl methyl sites for hydroxylation is 2. The molecule has 0 bridgehead atoms. The van der Waals surface area contributed by atoms with E-state index in [4.69, 9.17) is 4.74 Å². The summed E-state index contributed by atoms with van der Waals surface area (Å²) in [7, 11) is 0. The fraction of sp³-hybridized carbons (Fsp3) is 0.423. The highest BCUT2D eigenvalue weighted by atomic mass is 16.5. The van der Waals surface area contributed by atoms with Gasteiger partial charge in [-0.25, -0.2) is 4.98 Å². The minimum absolute atomic E-state index is 0.00465. The molecule has 1 aliphatic heterocycles. The lowest BCUT2D eigenvalue weighted by Crippen LogP contribution is -2.52. The molecule has 0 radical (unpaired) electrons. The van der Waals surface area contributed by atoms with Crippen molar-refractivity contribution in [3.8, 4) is 5.75 Å². The van der Waals surface area contributed by atoms with Gasteiger partial charge in [0.05, 0.1) is 23.1 Å². The van der Waals surface area contributed by atoms with Gasteiger partial charge in [0.15, 0.2) is 0 Å². The van der Waals surface area contributed by atoms with Crippen LogP contribution in [-0.4, -0.2) is 52.9 Å². The number of carbonyl (C=O) groups excluding carboxylic acids is 2. The normalized spacial score (nSPS) is 18.3. The molecule has 2 aromatic carbocycles. The van der Waals surface area contributed by atoms with Crippen molar-refractivity contribution in [2.75, 3.05) is 26.2 Å². The van der Waals surface area contributed by atoms with Crippen LogP contribution in [0.25, 0.3) is 11.0 Å². The van der Waals surface area contributed by atoms with Crippen molar-refractivity contribution in [2.24, 2.45) is 5.41 Å². The van der Waals surface area contributed by atoms with Gasteiger partial charge in [-0.3, -0.25) is 9.59 Å². The molecule has 1 saturated heterocycles. The van der Waals surface area contributed by atoms with Gasteiger partial charge < -0.3 is 19.9 Å². The zero-order valence-corrected chi connectivity index (χ0v) is 19.6. The molecule has 0 spiro atoms. The molecule has 2 N–H and O–H groups in total. The fourth-order valence-corrected chi connectivity index (χ4v) is 4.36. The highest BCUT2D eigenvalue weighted by Crippen LogP contribution is 2.31. The standard InChI is InChI=1S/C26H32N4O3/c1-18-6-9-21(10-7-18)33-15-5-13-27-25(32)26(3)12-4-14-30(17-26)24(31)20-8-11-22-23(16-20)29-19(2)28-22/h6-11,16H,4-5,12-15,17H2,1-3H3,(H,27,32)(H,28,29)/t26-/m1/s1. The lowest BCUT2D eigenvalue weighted by atomic mass is 9.80. The smallest absolute Gasteiger partial charge is 0.253 e. The third-order valence-corrected chi connectivity index (χ3v) is 6.28. The van der Waals surface area contributed by atoms with Crippen LogP contribution in [0.15, 0.2) is 42.5 Å². The van der Waals surface area contributed by atoms with Gasteiger partial charge in [0.25, 0.3) is 5.91 Å². The Bertz CT molecular complexity index is 1140. The van der Waals surface area contributed by atoms with E-state index >= 15 is 0 Å². The summed E-state index contributed by atoms with van der Waals surface area (Å²) < 4.78 is 5.73. The van der Waals surface area contributed by atoms with Crippen LogP contribution >= 0.6 is 0 Å². The largest absolute Gasteiger partial charge is 0.494 e. The summed E-state index contributed by atoms with van der Waals surface area (Å²) in [5, 5.41) is 3.04. The molecule has 1 aliphatic rings. The van der Waals surface area contributed by atoms with E-state index in [-0.39, 0.29) is 11.8 Å². The Morgan fingerprint density at radius 1 is 1.18 bits per heavy atom. The van der Waals surface area contributed by atoms with Crippen molar-refractivity contribution in [3.05, 3.63) is 59.4 Å². The maximum absolute atomic E-state index is 13.2. The van der Waals surface area contributed by atoms with Crippen molar-refractivity contribution in [3.63, 3.8) is 0 Å². The Labute approximate surface area is 194 Å². The van der Waals surface area contributed by atoms with Gasteiger partial charge in [-0.1, -0.05) is 17.7 Å². The van der Waals surface area contributed by atoms with Gasteiger partial charge in [0.1, 0.15) is 11.6 Å². The van der Waals surface area contributed by atoms with Crippen LogP contribution in [0.1, 0.15) is 47.9 Å². The quantitative estimate of drug-likeness (QED) is 0.535. The number of benzene rings is 2. The van der Waals surface area contributed by atoms with Gasteiger partial charge in [-0.2, -0.15) is 0 Å². The van der Waals surface area contributed by atoms with E-state index < -0.39 is 5.41 Å². The van der Waals surface area contributed by atoms with Crippen LogP contribution in [0.2, 0.25) is 0 Å². The molecule has 0 saturated carbocycles. The Morgan fingerprint density at radius 3 is 2.76 bits per heavy atom. The predicted octanol–water partition coefficient (Wildman–Crippen LogP) is 4.01. The zero-order chi connectivity index (χ0) is 23.4. The minimum Gasteiger partial charge on any atom is -0.494 e. The topological polar surface area (TPSA) is 87.3 Å². The minimum atomic E-state index is -0.597. The van der Waals surface area contributed by atoms with Gasteiger partial charge in [0, 0.05) is 25.2 Å². The number of nitrogens with zero attached hydrogens (tertiary/aromatic N) is 2. The van der Waals surface area contributed by atoms with Gasteiger partial charge in [0.2, 0.25) is 5.91 Å². The molecular formula is C26H32N4O3. The highest BCUT2D eigenvalue weighted by molar-refractivity contribution is 5.98. The summed E-state index contributed by atoms with van der Waals surface area (Å²) in [5.41, 5.74) is 2.91. The number of amides is 2. The van der Waals surface area contributed by atoms with E-state index in [1.807, 2.05) is 63.2 Å². The number of aromatic amines is 1. The van der Waals surface area contributed by atoms with Crippen LogP contribution in [0, 0.1) is 19.3 Å². The number of carbonyl (C=O) groups is 2. The predicted molar refractivity (Wildman–Crippen MR) is 128 cm³/mol. The van der Waals surface area contributed by atoms with E-state index in [0.717, 1.165) is 41.9 Å². The second-order valence-electron chi connectivity index (χ2n) is 9.22. The number of fused-ring (bicyclic) bond motifs is 1. The van der Waals surface area contributed by atoms with Crippen LogP contribution in [0.5, 0.6) is 5.75 Å². The van der Waals surface area contributed by atoms with E-state index in [1.54, 1.807) is 4.90 Å². The second kappa shape index (κ2) is 9.65. The molecule has 174 valence electrons. The fourth-order valence-electron chi connectivity index (χ4n) is 4.36. The van der Waals surface area contributed by atoms with E-state index in [9.17, 15) is 9.59 Å². The molecular weight excluding hydrogens is 416 g/mol. The molecule has 7 heteroatoms. The van der Waals surface area contributed by atoms with Crippen LogP contribution < -0.4 is 10.1 Å². The van der Waals surface area contributed by atoms with Crippen LogP contribution in [0.3, 0.4) is 0 Å². The van der Waals surface area contributed by atoms with Gasteiger partial charge in [-0.15, -0.1) is 0 Å². The van der Waals surface area contributed by atoms with Crippen molar-refractivity contribution < 1.29 is 14.3 Å². The Hall–Kier alpha value is -3.35. The number of aromatic nitrogens is 2. The van der Waals surface area contributed by atoms with Crippen molar-refractivity contribution in [1.29, 1.82) is 0 Å². The average molecular weight is 449 g/mol. The molecule has 4 rings (SSSR count). The maximum Gasteiger partial charge on any atom is 0.253 e. The number of piperidine rings is 1. The maximum atomic E-state index is 13.2. The third kappa shape index (κ3) is 5.35. The van der Waals surface area contributed by atoms with E-state index in [1.165, 1.54) is 5.56 Å². The molecule has 0 unspecified atom stereocenters. The first-order chi connectivity index (χ1) is 15.8. The zero-order valence-electron chi connectivity index (χ0n) is 19.6. The molecule has 3 aromatic rings. The molecule has 2 amide bonds. The Kier molecular flexibility index (Phi) is 6.67. The van der Waals surface area contributed by atoms with Crippen molar-refractivity contribution in [1.82, 2.24) is 20.2 Å². The molecule has 0 aliphatic carbocycles. The Morgan fingerprint density at radius 2 is 1.97 bits per heavy atom. The molecule has 1 aromatic heterocycles. The summed E-state index contributed by atoms with van der Waals surface area (Å²) in [5.74, 6) is 1.61. The van der Waals surface area contributed by atoms with Gasteiger partial charge >= 0.3 is 0 Å². The summed E-state index contributed by atoms with van der Waals surface area (Å²) in [6, 6.07) is 13.5. The number of imidazole rings is 1. The summed E-state index contributed by atoms with van der Waals surface area (Å²) in [6.45, 7) is 8.05. The van der Waals surface area contributed by atoms with E-state index in [0.29, 0.717) is 31.8 Å². The first-order valence-corrected chi connectivity index (χ1v) is 11.6. The van der Waals surface area contributed by atoms with Crippen molar-refractivity contribution >= 4 is 22.8 Å². The summed E-state index contributed by atoms with van der Waals surface area (Å²) in [6.07, 6.45) is 2.29. The number of nitrogens with one attached hydrogen (secondary N) is 2. The number of ether oxygens (including phenoxy) is 1. The molecule has 1 fully saturated rings. The summed E-state index contributed by atoms with van der Waals surface area (Å²) in [4.78, 5) is 35.5. The number of H-pyrrole nitrogens is 1. The molecule has 1 atom stereocenters. The van der Waals surface area contributed by atoms with E-state index in [2.05, 4.69) is 15.3 Å². The molecule has 2 heterocycles. The lowest BCUT2D eigenvalue weighted by Gasteiger charge is -2.39. The average Bonchev–Trinajstić information content (AvgIpc) is 3.18. The first kappa shape index (κ1) is 22.8. The monoisotopic (exact) mass is 448 g/mol.